The van der Waals surface area contributed by atoms with Gasteiger partial charge in [0.25, 0.3) is 0 Å². The molecule has 1 atom stereocenters. The molecule has 0 aromatic heterocycles. The molecule has 0 saturated heterocycles. The van der Waals surface area contributed by atoms with Crippen LogP contribution in [0.4, 0.5) is 5.69 Å². The lowest BCUT2D eigenvalue weighted by molar-refractivity contribution is 0.280. The summed E-state index contributed by atoms with van der Waals surface area (Å²) in [5.74, 6) is 0.378. The Kier molecular flexibility index (Phi) is 2.77. The smallest absolute Gasteiger partial charge is 0.182 e. The van der Waals surface area contributed by atoms with Gasteiger partial charge in [-0.15, -0.1) is 0 Å². The highest BCUT2D eigenvalue weighted by Crippen LogP contribution is 2.35. The second-order valence-corrected chi connectivity index (χ2v) is 5.64. The fourth-order valence-corrected chi connectivity index (χ4v) is 3.44. The number of benzene rings is 1. The normalized spacial score (nSPS) is 22.0. The molecule has 0 fully saturated rings. The van der Waals surface area contributed by atoms with Crippen LogP contribution >= 0.6 is 0 Å². The summed E-state index contributed by atoms with van der Waals surface area (Å²) in [4.78, 5) is 0.233. The Balaban J connectivity index is 2.59. The lowest BCUT2D eigenvalue weighted by Crippen LogP contribution is -2.37. The van der Waals surface area contributed by atoms with E-state index in [1.54, 1.807) is 12.1 Å². The van der Waals surface area contributed by atoms with Gasteiger partial charge in [0.15, 0.2) is 9.84 Å². The van der Waals surface area contributed by atoms with Crippen LogP contribution in [0.2, 0.25) is 0 Å². The molecule has 0 spiro atoms. The summed E-state index contributed by atoms with van der Waals surface area (Å²) in [6, 6.07) is 4.37. The lowest BCUT2D eigenvalue weighted by atomic mass is 10.2. The molecular weight excluding hydrogens is 230 g/mol. The first-order valence-corrected chi connectivity index (χ1v) is 6.51. The van der Waals surface area contributed by atoms with Crippen LogP contribution in [0.25, 0.3) is 0 Å². The highest BCUT2D eigenvalue weighted by molar-refractivity contribution is 7.91. The van der Waals surface area contributed by atoms with Crippen molar-refractivity contribution in [2.75, 3.05) is 24.8 Å². The minimum absolute atomic E-state index is 0.0936. The van der Waals surface area contributed by atoms with Crippen molar-refractivity contribution >= 4 is 15.5 Å². The maximum atomic E-state index is 11.9. The van der Waals surface area contributed by atoms with Crippen molar-refractivity contribution in [2.24, 2.45) is 0 Å². The molecule has 6 heteroatoms. The SMILES string of the molecule is COc1cccc2c1NC(CO)CS2(=O)=O. The number of anilines is 1. The highest BCUT2D eigenvalue weighted by Gasteiger charge is 2.31. The summed E-state index contributed by atoms with van der Waals surface area (Å²) in [5, 5.41) is 12.0. The van der Waals surface area contributed by atoms with Crippen molar-refractivity contribution in [3.63, 3.8) is 0 Å². The third-order valence-corrected chi connectivity index (χ3v) is 4.38. The van der Waals surface area contributed by atoms with E-state index in [0.29, 0.717) is 11.4 Å². The van der Waals surface area contributed by atoms with Gasteiger partial charge in [0.1, 0.15) is 5.75 Å². The van der Waals surface area contributed by atoms with Crippen molar-refractivity contribution in [3.8, 4) is 5.75 Å². The molecule has 0 bridgehead atoms. The minimum Gasteiger partial charge on any atom is -0.495 e. The van der Waals surface area contributed by atoms with E-state index in [2.05, 4.69) is 5.32 Å². The Morgan fingerprint density at radius 1 is 1.56 bits per heavy atom. The molecule has 16 heavy (non-hydrogen) atoms. The summed E-state index contributed by atoms with van der Waals surface area (Å²) < 4.78 is 28.9. The molecule has 88 valence electrons. The van der Waals surface area contributed by atoms with Gasteiger partial charge in [-0.05, 0) is 12.1 Å². The number of rotatable bonds is 2. The van der Waals surface area contributed by atoms with Gasteiger partial charge in [-0.25, -0.2) is 8.42 Å². The van der Waals surface area contributed by atoms with Gasteiger partial charge in [0.2, 0.25) is 0 Å². The molecule has 0 aliphatic carbocycles. The average Bonchev–Trinajstić information content (AvgIpc) is 2.27. The van der Waals surface area contributed by atoms with Crippen LogP contribution in [0.15, 0.2) is 23.1 Å². The van der Waals surface area contributed by atoms with E-state index in [1.165, 1.54) is 13.2 Å². The molecule has 2 rings (SSSR count). The van der Waals surface area contributed by atoms with Gasteiger partial charge in [0.05, 0.1) is 36.1 Å². The Labute approximate surface area is 94.0 Å². The summed E-state index contributed by atoms with van der Waals surface area (Å²) in [7, 11) is -1.86. The van der Waals surface area contributed by atoms with Crippen molar-refractivity contribution in [2.45, 2.75) is 10.9 Å². The molecule has 0 saturated carbocycles. The molecule has 1 aromatic rings. The molecule has 1 unspecified atom stereocenters. The number of nitrogens with one attached hydrogen (secondary N) is 1. The highest BCUT2D eigenvalue weighted by atomic mass is 32.2. The van der Waals surface area contributed by atoms with Crippen LogP contribution in [-0.2, 0) is 9.84 Å². The summed E-state index contributed by atoms with van der Waals surface area (Å²) >= 11 is 0. The van der Waals surface area contributed by atoms with Crippen LogP contribution in [0.5, 0.6) is 5.75 Å². The van der Waals surface area contributed by atoms with Crippen LogP contribution in [0, 0.1) is 0 Å². The fourth-order valence-electron chi connectivity index (χ4n) is 1.78. The van der Waals surface area contributed by atoms with E-state index in [4.69, 9.17) is 9.84 Å². The van der Waals surface area contributed by atoms with Gasteiger partial charge in [0, 0.05) is 0 Å². The minimum atomic E-state index is -3.34. The van der Waals surface area contributed by atoms with Gasteiger partial charge in [-0.3, -0.25) is 0 Å². The largest absolute Gasteiger partial charge is 0.495 e. The number of sulfone groups is 1. The standard InChI is InChI=1S/C10H13NO4S/c1-15-8-3-2-4-9-10(8)11-7(5-12)6-16(9,13)14/h2-4,7,11-12H,5-6H2,1H3. The Morgan fingerprint density at radius 2 is 2.31 bits per heavy atom. The Hall–Kier alpha value is -1.27. The molecular formula is C10H13NO4S. The van der Waals surface area contributed by atoms with Gasteiger partial charge in [-0.1, -0.05) is 6.07 Å². The first-order chi connectivity index (χ1) is 7.58. The quantitative estimate of drug-likeness (QED) is 0.779. The topological polar surface area (TPSA) is 75.6 Å². The summed E-state index contributed by atoms with van der Waals surface area (Å²) in [6.07, 6.45) is 0. The van der Waals surface area contributed by atoms with E-state index in [9.17, 15) is 8.42 Å². The van der Waals surface area contributed by atoms with E-state index in [0.717, 1.165) is 0 Å². The summed E-state index contributed by atoms with van der Waals surface area (Å²) in [5.41, 5.74) is 0.440. The van der Waals surface area contributed by atoms with E-state index in [1.807, 2.05) is 0 Å². The number of hydrogen-bond donors (Lipinski definition) is 2. The van der Waals surface area contributed by atoms with Gasteiger partial charge >= 0.3 is 0 Å². The van der Waals surface area contributed by atoms with Crippen molar-refractivity contribution in [1.82, 2.24) is 0 Å². The summed E-state index contributed by atoms with van der Waals surface area (Å²) in [6.45, 7) is -0.225. The lowest BCUT2D eigenvalue weighted by Gasteiger charge is -2.26. The maximum Gasteiger partial charge on any atom is 0.182 e. The predicted molar refractivity (Wildman–Crippen MR) is 59.5 cm³/mol. The van der Waals surface area contributed by atoms with Gasteiger partial charge in [-0.2, -0.15) is 0 Å². The second kappa shape index (κ2) is 3.95. The third kappa shape index (κ3) is 1.74. The molecule has 0 radical (unpaired) electrons. The number of aliphatic hydroxyl groups is 1. The molecule has 1 aromatic carbocycles. The fraction of sp³-hybridized carbons (Fsp3) is 0.400. The average molecular weight is 243 g/mol. The van der Waals surface area contributed by atoms with E-state index in [-0.39, 0.29) is 17.3 Å². The Morgan fingerprint density at radius 3 is 2.94 bits per heavy atom. The molecule has 2 N–H and O–H groups in total. The number of para-hydroxylation sites is 1. The second-order valence-electron chi connectivity index (χ2n) is 3.64. The monoisotopic (exact) mass is 243 g/mol. The number of fused-ring (bicyclic) bond motifs is 1. The van der Waals surface area contributed by atoms with Gasteiger partial charge < -0.3 is 15.2 Å². The number of hydrogen-bond acceptors (Lipinski definition) is 5. The zero-order chi connectivity index (χ0) is 11.8. The number of methoxy groups -OCH3 is 1. The zero-order valence-corrected chi connectivity index (χ0v) is 9.62. The Bertz CT molecular complexity index is 498. The van der Waals surface area contributed by atoms with E-state index >= 15 is 0 Å². The predicted octanol–water partition coefficient (Wildman–Crippen LogP) is 0.255. The van der Waals surface area contributed by atoms with Crippen molar-refractivity contribution < 1.29 is 18.3 Å². The zero-order valence-electron chi connectivity index (χ0n) is 8.80. The molecule has 1 heterocycles. The van der Waals surface area contributed by atoms with Crippen LogP contribution in [0.1, 0.15) is 0 Å². The number of ether oxygens (including phenoxy) is 1. The first-order valence-electron chi connectivity index (χ1n) is 4.85. The molecule has 5 nitrogen and oxygen atoms in total. The maximum absolute atomic E-state index is 11.9. The first kappa shape index (κ1) is 11.2. The molecule has 1 aliphatic rings. The van der Waals surface area contributed by atoms with Crippen molar-refractivity contribution in [3.05, 3.63) is 18.2 Å². The molecule has 1 aliphatic heterocycles. The van der Waals surface area contributed by atoms with Crippen LogP contribution in [0.3, 0.4) is 0 Å². The third-order valence-electron chi connectivity index (χ3n) is 2.53. The molecule has 0 amide bonds. The van der Waals surface area contributed by atoms with Crippen molar-refractivity contribution in [1.29, 1.82) is 0 Å². The van der Waals surface area contributed by atoms with Crippen LogP contribution < -0.4 is 10.1 Å². The van der Waals surface area contributed by atoms with E-state index < -0.39 is 15.9 Å². The van der Waals surface area contributed by atoms with Crippen LogP contribution in [-0.4, -0.2) is 39.0 Å². The number of aliphatic hydroxyl groups excluding tert-OH is 1.